The zero-order valence-corrected chi connectivity index (χ0v) is 15.1. The summed E-state index contributed by atoms with van der Waals surface area (Å²) in [6, 6.07) is 14.4. The first-order valence-electron chi connectivity index (χ1n) is 8.32. The topological polar surface area (TPSA) is 56.8 Å². The van der Waals surface area contributed by atoms with Crippen LogP contribution >= 0.6 is 0 Å². The second-order valence-electron chi connectivity index (χ2n) is 6.15. The molecule has 25 heavy (non-hydrogen) atoms. The van der Waals surface area contributed by atoms with Crippen LogP contribution in [0.3, 0.4) is 0 Å². The second kappa shape index (κ2) is 8.97. The third-order valence-electron chi connectivity index (χ3n) is 3.45. The number of anilines is 1. The first kappa shape index (κ1) is 18.6. The van der Waals surface area contributed by atoms with Gasteiger partial charge in [0.2, 0.25) is 0 Å². The molecule has 0 saturated heterocycles. The highest BCUT2D eigenvalue weighted by molar-refractivity contribution is 5.94. The third kappa shape index (κ3) is 6.03. The number of hydrogen-bond acceptors (Lipinski definition) is 4. The van der Waals surface area contributed by atoms with Crippen molar-refractivity contribution in [1.29, 1.82) is 0 Å². The van der Waals surface area contributed by atoms with E-state index in [0.29, 0.717) is 24.0 Å². The number of ether oxygens (including phenoxy) is 3. The molecule has 0 aromatic heterocycles. The summed E-state index contributed by atoms with van der Waals surface area (Å²) in [7, 11) is 1.60. The summed E-state index contributed by atoms with van der Waals surface area (Å²) in [4.78, 5) is 12.2. The van der Waals surface area contributed by atoms with Gasteiger partial charge >= 0.3 is 0 Å². The van der Waals surface area contributed by atoms with Gasteiger partial charge in [-0.2, -0.15) is 0 Å². The largest absolute Gasteiger partial charge is 0.497 e. The summed E-state index contributed by atoms with van der Waals surface area (Å²) in [5, 5.41) is 2.83. The quantitative estimate of drug-likeness (QED) is 0.783. The van der Waals surface area contributed by atoms with Gasteiger partial charge in [-0.3, -0.25) is 4.79 Å². The summed E-state index contributed by atoms with van der Waals surface area (Å²) in [5.41, 5.74) is 0.701. The Morgan fingerprint density at radius 3 is 2.04 bits per heavy atom. The molecule has 0 spiro atoms. The maximum Gasteiger partial charge on any atom is 0.265 e. The van der Waals surface area contributed by atoms with E-state index in [1.54, 1.807) is 38.3 Å². The van der Waals surface area contributed by atoms with Gasteiger partial charge in [0.15, 0.2) is 6.10 Å². The van der Waals surface area contributed by atoms with Crippen molar-refractivity contribution >= 4 is 11.6 Å². The van der Waals surface area contributed by atoms with Crippen molar-refractivity contribution in [2.45, 2.75) is 26.9 Å². The molecule has 0 bridgehead atoms. The molecule has 5 nitrogen and oxygen atoms in total. The molecule has 0 aliphatic rings. The van der Waals surface area contributed by atoms with Crippen LogP contribution in [0.25, 0.3) is 0 Å². The number of amides is 1. The fraction of sp³-hybridized carbons (Fsp3) is 0.350. The molecule has 0 aliphatic heterocycles. The van der Waals surface area contributed by atoms with Crippen molar-refractivity contribution in [2.75, 3.05) is 19.0 Å². The van der Waals surface area contributed by atoms with Gasteiger partial charge in [0, 0.05) is 5.69 Å². The smallest absolute Gasteiger partial charge is 0.265 e. The minimum absolute atomic E-state index is 0.216. The highest BCUT2D eigenvalue weighted by Gasteiger charge is 2.15. The van der Waals surface area contributed by atoms with Crippen LogP contribution in [0.4, 0.5) is 5.69 Å². The van der Waals surface area contributed by atoms with Crippen molar-refractivity contribution in [2.24, 2.45) is 5.92 Å². The van der Waals surface area contributed by atoms with E-state index in [1.165, 1.54) is 0 Å². The average Bonchev–Trinajstić information content (AvgIpc) is 2.61. The molecule has 2 rings (SSSR count). The molecule has 1 atom stereocenters. The van der Waals surface area contributed by atoms with Crippen molar-refractivity contribution in [3.8, 4) is 17.2 Å². The Bertz CT molecular complexity index is 665. The van der Waals surface area contributed by atoms with E-state index >= 15 is 0 Å². The fourth-order valence-corrected chi connectivity index (χ4v) is 2.05. The van der Waals surface area contributed by atoms with E-state index in [0.717, 1.165) is 11.5 Å². The standard InChI is InChI=1S/C20H25NO4/c1-14(2)13-24-18-7-5-16(6-8-18)21-20(22)15(3)25-19-11-9-17(23-4)10-12-19/h5-12,14-15H,13H2,1-4H3,(H,21,22)/t15-/m1/s1. The molecule has 134 valence electrons. The SMILES string of the molecule is COc1ccc(O[C@H](C)C(=O)Nc2ccc(OCC(C)C)cc2)cc1. The Balaban J connectivity index is 1.87. The number of nitrogens with one attached hydrogen (secondary N) is 1. The zero-order chi connectivity index (χ0) is 18.2. The first-order valence-corrected chi connectivity index (χ1v) is 8.32. The van der Waals surface area contributed by atoms with Gasteiger partial charge in [-0.25, -0.2) is 0 Å². The van der Waals surface area contributed by atoms with Crippen LogP contribution < -0.4 is 19.5 Å². The minimum Gasteiger partial charge on any atom is -0.497 e. The highest BCUT2D eigenvalue weighted by atomic mass is 16.5. The number of hydrogen-bond donors (Lipinski definition) is 1. The molecule has 2 aromatic rings. The molecule has 0 aliphatic carbocycles. The molecule has 5 heteroatoms. The molecule has 0 heterocycles. The van der Waals surface area contributed by atoms with Crippen molar-refractivity contribution in [3.05, 3.63) is 48.5 Å². The summed E-state index contributed by atoms with van der Waals surface area (Å²) >= 11 is 0. The van der Waals surface area contributed by atoms with Crippen LogP contribution in [0.1, 0.15) is 20.8 Å². The maximum absolute atomic E-state index is 12.2. The maximum atomic E-state index is 12.2. The number of carbonyl (C=O) groups excluding carboxylic acids is 1. The number of benzene rings is 2. The van der Waals surface area contributed by atoms with Crippen molar-refractivity contribution in [3.63, 3.8) is 0 Å². The lowest BCUT2D eigenvalue weighted by atomic mass is 10.2. The summed E-state index contributed by atoms with van der Waals surface area (Å²) in [6.07, 6.45) is -0.620. The molecule has 0 radical (unpaired) electrons. The molecular formula is C20H25NO4. The van der Waals surface area contributed by atoms with Gasteiger partial charge in [-0.05, 0) is 61.4 Å². The average molecular weight is 343 g/mol. The molecule has 1 N–H and O–H groups in total. The predicted molar refractivity (Wildman–Crippen MR) is 98.5 cm³/mol. The Kier molecular flexibility index (Phi) is 6.69. The lowest BCUT2D eigenvalue weighted by Crippen LogP contribution is -2.30. The molecule has 0 fully saturated rings. The van der Waals surface area contributed by atoms with Crippen LogP contribution in [0.2, 0.25) is 0 Å². The van der Waals surface area contributed by atoms with Crippen molar-refractivity contribution < 1.29 is 19.0 Å². The fourth-order valence-electron chi connectivity index (χ4n) is 2.05. The minimum atomic E-state index is -0.620. The van der Waals surface area contributed by atoms with Gasteiger partial charge < -0.3 is 19.5 Å². The van der Waals surface area contributed by atoms with Gasteiger partial charge in [0.1, 0.15) is 17.2 Å². The second-order valence-corrected chi connectivity index (χ2v) is 6.15. The van der Waals surface area contributed by atoms with Crippen LogP contribution in [-0.2, 0) is 4.79 Å². The Morgan fingerprint density at radius 1 is 0.920 bits per heavy atom. The monoisotopic (exact) mass is 343 g/mol. The van der Waals surface area contributed by atoms with Gasteiger partial charge in [-0.1, -0.05) is 13.8 Å². The normalized spacial score (nSPS) is 11.7. The van der Waals surface area contributed by atoms with Gasteiger partial charge in [-0.15, -0.1) is 0 Å². The summed E-state index contributed by atoms with van der Waals surface area (Å²) < 4.78 is 16.4. The van der Waals surface area contributed by atoms with E-state index in [9.17, 15) is 4.79 Å². The lowest BCUT2D eigenvalue weighted by Gasteiger charge is -2.15. The molecule has 0 unspecified atom stereocenters. The van der Waals surface area contributed by atoms with E-state index in [-0.39, 0.29) is 5.91 Å². The molecule has 0 saturated carbocycles. The lowest BCUT2D eigenvalue weighted by molar-refractivity contribution is -0.122. The van der Waals surface area contributed by atoms with Crippen LogP contribution in [0.15, 0.2) is 48.5 Å². The van der Waals surface area contributed by atoms with E-state index in [4.69, 9.17) is 14.2 Å². The molecule has 1 amide bonds. The number of methoxy groups -OCH3 is 1. The van der Waals surface area contributed by atoms with Crippen LogP contribution in [-0.4, -0.2) is 25.7 Å². The Hall–Kier alpha value is -2.69. The summed E-state index contributed by atoms with van der Waals surface area (Å²) in [6.45, 7) is 6.57. The number of carbonyl (C=O) groups is 1. The summed E-state index contributed by atoms with van der Waals surface area (Å²) in [5.74, 6) is 2.39. The van der Waals surface area contributed by atoms with Crippen molar-refractivity contribution in [1.82, 2.24) is 0 Å². The van der Waals surface area contributed by atoms with Gasteiger partial charge in [0.05, 0.1) is 13.7 Å². The van der Waals surface area contributed by atoms with Crippen LogP contribution in [0.5, 0.6) is 17.2 Å². The highest BCUT2D eigenvalue weighted by Crippen LogP contribution is 2.19. The Morgan fingerprint density at radius 2 is 1.48 bits per heavy atom. The first-order chi connectivity index (χ1) is 12.0. The third-order valence-corrected chi connectivity index (χ3v) is 3.45. The van der Waals surface area contributed by atoms with E-state index in [2.05, 4.69) is 19.2 Å². The van der Waals surface area contributed by atoms with E-state index < -0.39 is 6.10 Å². The number of rotatable bonds is 8. The molecular weight excluding hydrogens is 318 g/mol. The Labute approximate surface area is 148 Å². The van der Waals surface area contributed by atoms with E-state index in [1.807, 2.05) is 24.3 Å². The van der Waals surface area contributed by atoms with Crippen LogP contribution in [0, 0.1) is 5.92 Å². The van der Waals surface area contributed by atoms with Gasteiger partial charge in [0.25, 0.3) is 5.91 Å². The predicted octanol–water partition coefficient (Wildman–Crippen LogP) is 4.14. The zero-order valence-electron chi connectivity index (χ0n) is 15.1. The molecule has 2 aromatic carbocycles.